The molecule has 0 aromatic heterocycles. The second-order valence-electron chi connectivity index (χ2n) is 8.38. The van der Waals surface area contributed by atoms with Crippen LogP contribution in [0.25, 0.3) is 10.8 Å². The number of likely N-dealkylation sites (tertiary alicyclic amines) is 1. The van der Waals surface area contributed by atoms with Gasteiger partial charge in [0.1, 0.15) is 0 Å². The highest BCUT2D eigenvalue weighted by Crippen LogP contribution is 2.22. The monoisotopic (exact) mass is 414 g/mol. The van der Waals surface area contributed by atoms with Crippen LogP contribution in [-0.4, -0.2) is 29.8 Å². The van der Waals surface area contributed by atoms with E-state index < -0.39 is 0 Å². The van der Waals surface area contributed by atoms with Crippen molar-refractivity contribution in [3.63, 3.8) is 0 Å². The first kappa shape index (κ1) is 21.1. The van der Waals surface area contributed by atoms with Crippen LogP contribution >= 0.6 is 0 Å². The third kappa shape index (κ3) is 5.13. The first-order valence-corrected chi connectivity index (χ1v) is 11.2. The Morgan fingerprint density at radius 3 is 2.52 bits per heavy atom. The summed E-state index contributed by atoms with van der Waals surface area (Å²) in [6.07, 6.45) is 3.08. The van der Waals surface area contributed by atoms with Gasteiger partial charge in [0.05, 0.1) is 12.3 Å². The normalized spacial score (nSPS) is 16.3. The first-order chi connectivity index (χ1) is 15.1. The Morgan fingerprint density at radius 1 is 0.968 bits per heavy atom. The molecule has 2 amide bonds. The lowest BCUT2D eigenvalue weighted by molar-refractivity contribution is -0.135. The number of carbonyl (C=O) groups excluding carboxylic acids is 2. The van der Waals surface area contributed by atoms with Gasteiger partial charge in [-0.1, -0.05) is 73.7 Å². The van der Waals surface area contributed by atoms with E-state index in [1.54, 1.807) is 0 Å². The summed E-state index contributed by atoms with van der Waals surface area (Å²) in [6, 6.07) is 22.6. The molecule has 1 aliphatic heterocycles. The van der Waals surface area contributed by atoms with Crippen molar-refractivity contribution >= 4 is 22.6 Å². The van der Waals surface area contributed by atoms with Gasteiger partial charge in [0, 0.05) is 19.6 Å². The van der Waals surface area contributed by atoms with E-state index in [0.29, 0.717) is 19.5 Å². The molecule has 0 radical (unpaired) electrons. The van der Waals surface area contributed by atoms with Crippen molar-refractivity contribution in [1.29, 1.82) is 0 Å². The lowest BCUT2D eigenvalue weighted by atomic mass is 9.95. The van der Waals surface area contributed by atoms with Gasteiger partial charge in [-0.05, 0) is 46.7 Å². The van der Waals surface area contributed by atoms with Crippen molar-refractivity contribution in [2.45, 2.75) is 39.2 Å². The molecule has 4 heteroatoms. The number of piperidine rings is 1. The summed E-state index contributed by atoms with van der Waals surface area (Å²) < 4.78 is 0. The van der Waals surface area contributed by atoms with Crippen LogP contribution in [0.5, 0.6) is 0 Å². The lowest BCUT2D eigenvalue weighted by Gasteiger charge is -2.32. The number of rotatable bonds is 6. The summed E-state index contributed by atoms with van der Waals surface area (Å²) >= 11 is 0. The van der Waals surface area contributed by atoms with Gasteiger partial charge in [-0.25, -0.2) is 0 Å². The number of nitrogens with one attached hydrogen (secondary N) is 1. The Balaban J connectivity index is 1.34. The van der Waals surface area contributed by atoms with Crippen LogP contribution in [0.1, 0.15) is 36.5 Å². The average Bonchev–Trinajstić information content (AvgIpc) is 2.83. The van der Waals surface area contributed by atoms with Gasteiger partial charge in [0.2, 0.25) is 11.8 Å². The predicted molar refractivity (Wildman–Crippen MR) is 125 cm³/mol. The Morgan fingerprint density at radius 2 is 1.71 bits per heavy atom. The fourth-order valence-electron chi connectivity index (χ4n) is 4.37. The van der Waals surface area contributed by atoms with E-state index in [2.05, 4.69) is 54.7 Å². The highest BCUT2D eigenvalue weighted by molar-refractivity contribution is 5.90. The molecule has 160 valence electrons. The average molecular weight is 415 g/mol. The van der Waals surface area contributed by atoms with Gasteiger partial charge in [0.25, 0.3) is 0 Å². The fraction of sp³-hybridized carbons (Fsp3) is 0.333. The molecule has 31 heavy (non-hydrogen) atoms. The quantitative estimate of drug-likeness (QED) is 0.646. The van der Waals surface area contributed by atoms with Gasteiger partial charge in [0.15, 0.2) is 0 Å². The predicted octanol–water partition coefficient (Wildman–Crippen LogP) is 4.50. The maximum absolute atomic E-state index is 13.0. The number of fused-ring (bicyclic) bond motifs is 1. The SMILES string of the molecule is CCc1ccc(CNC(=O)C2CCCN(C(=O)Cc3cccc4ccccc34)C2)cc1. The van der Waals surface area contributed by atoms with Gasteiger partial charge in [-0.15, -0.1) is 0 Å². The molecule has 1 fully saturated rings. The van der Waals surface area contributed by atoms with Crippen LogP contribution in [0.15, 0.2) is 66.7 Å². The van der Waals surface area contributed by atoms with E-state index in [-0.39, 0.29) is 17.7 Å². The van der Waals surface area contributed by atoms with E-state index in [1.165, 1.54) is 5.56 Å². The molecule has 1 unspecified atom stereocenters. The summed E-state index contributed by atoms with van der Waals surface area (Å²) in [5.41, 5.74) is 3.44. The van der Waals surface area contributed by atoms with Crippen LogP contribution < -0.4 is 5.32 Å². The maximum atomic E-state index is 13.0. The Bertz CT molecular complexity index is 1050. The number of hydrogen-bond donors (Lipinski definition) is 1. The largest absolute Gasteiger partial charge is 0.352 e. The van der Waals surface area contributed by atoms with Crippen LogP contribution in [0.3, 0.4) is 0 Å². The third-order valence-corrected chi connectivity index (χ3v) is 6.26. The van der Waals surface area contributed by atoms with Crippen molar-refractivity contribution < 1.29 is 9.59 Å². The van der Waals surface area contributed by atoms with Crippen LogP contribution in [0.4, 0.5) is 0 Å². The minimum atomic E-state index is -0.139. The van der Waals surface area contributed by atoms with Gasteiger partial charge >= 0.3 is 0 Å². The maximum Gasteiger partial charge on any atom is 0.227 e. The minimum Gasteiger partial charge on any atom is -0.352 e. The Labute approximate surface area is 184 Å². The summed E-state index contributed by atoms with van der Waals surface area (Å²) in [5.74, 6) is 0.00590. The molecule has 0 spiro atoms. The Hall–Kier alpha value is -3.14. The van der Waals surface area contributed by atoms with E-state index in [1.807, 2.05) is 29.2 Å². The molecule has 4 nitrogen and oxygen atoms in total. The zero-order valence-electron chi connectivity index (χ0n) is 18.1. The summed E-state index contributed by atoms with van der Waals surface area (Å²) in [7, 11) is 0. The smallest absolute Gasteiger partial charge is 0.227 e. The van der Waals surface area contributed by atoms with Crippen LogP contribution in [0, 0.1) is 5.92 Å². The van der Waals surface area contributed by atoms with E-state index in [9.17, 15) is 9.59 Å². The molecule has 1 atom stereocenters. The molecule has 3 aromatic carbocycles. The highest BCUT2D eigenvalue weighted by atomic mass is 16.2. The molecule has 3 aromatic rings. The molecule has 0 bridgehead atoms. The van der Waals surface area contributed by atoms with Crippen molar-refractivity contribution in [1.82, 2.24) is 10.2 Å². The molecule has 1 aliphatic rings. The highest BCUT2D eigenvalue weighted by Gasteiger charge is 2.28. The molecule has 1 heterocycles. The standard InChI is InChI=1S/C27H30N2O2/c1-2-20-12-14-21(15-13-20)18-28-27(31)24-10-6-16-29(19-24)26(30)17-23-9-5-8-22-7-3-4-11-25(22)23/h3-5,7-9,11-15,24H,2,6,10,16-19H2,1H3,(H,28,31). The second-order valence-corrected chi connectivity index (χ2v) is 8.38. The number of amides is 2. The molecule has 0 saturated carbocycles. The van der Waals surface area contributed by atoms with Crippen molar-refractivity contribution in [2.24, 2.45) is 5.92 Å². The summed E-state index contributed by atoms with van der Waals surface area (Å²) in [5, 5.41) is 5.34. The van der Waals surface area contributed by atoms with Gasteiger partial charge in [-0.2, -0.15) is 0 Å². The van der Waals surface area contributed by atoms with Crippen molar-refractivity contribution in [2.75, 3.05) is 13.1 Å². The molecule has 4 rings (SSSR count). The Kier molecular flexibility index (Phi) is 6.66. The zero-order valence-corrected chi connectivity index (χ0v) is 18.1. The number of nitrogens with zero attached hydrogens (tertiary/aromatic N) is 1. The van der Waals surface area contributed by atoms with Gasteiger partial charge in [-0.3, -0.25) is 9.59 Å². The first-order valence-electron chi connectivity index (χ1n) is 11.2. The number of carbonyl (C=O) groups is 2. The van der Waals surface area contributed by atoms with E-state index in [0.717, 1.165) is 47.7 Å². The zero-order chi connectivity index (χ0) is 21.6. The number of benzene rings is 3. The second kappa shape index (κ2) is 9.78. The third-order valence-electron chi connectivity index (χ3n) is 6.26. The molecule has 0 aliphatic carbocycles. The van der Waals surface area contributed by atoms with Crippen molar-refractivity contribution in [3.8, 4) is 0 Å². The fourth-order valence-corrected chi connectivity index (χ4v) is 4.37. The number of aryl methyl sites for hydroxylation is 1. The van der Waals surface area contributed by atoms with Crippen LogP contribution in [0.2, 0.25) is 0 Å². The molecule has 1 saturated heterocycles. The summed E-state index contributed by atoms with van der Waals surface area (Å²) in [6.45, 7) is 3.90. The van der Waals surface area contributed by atoms with Crippen molar-refractivity contribution in [3.05, 3.63) is 83.4 Å². The minimum absolute atomic E-state index is 0.0437. The van der Waals surface area contributed by atoms with E-state index in [4.69, 9.17) is 0 Å². The molecule has 1 N–H and O–H groups in total. The number of hydrogen-bond acceptors (Lipinski definition) is 2. The molecular formula is C27H30N2O2. The summed E-state index contributed by atoms with van der Waals surface area (Å²) in [4.78, 5) is 27.6. The molecular weight excluding hydrogens is 384 g/mol. The van der Waals surface area contributed by atoms with E-state index >= 15 is 0 Å². The topological polar surface area (TPSA) is 49.4 Å². The van der Waals surface area contributed by atoms with Crippen LogP contribution in [-0.2, 0) is 29.0 Å². The van der Waals surface area contributed by atoms with Gasteiger partial charge < -0.3 is 10.2 Å². The lowest BCUT2D eigenvalue weighted by Crippen LogP contribution is -2.45.